The molecule has 4 amide bonds. The van der Waals surface area contributed by atoms with Crippen LogP contribution in [0.5, 0.6) is 0 Å². The molecule has 0 saturated carbocycles. The first-order chi connectivity index (χ1) is 13.4. The summed E-state index contributed by atoms with van der Waals surface area (Å²) in [6.07, 6.45) is 0.831. The third kappa shape index (κ3) is 4.76. The van der Waals surface area contributed by atoms with Crippen LogP contribution < -0.4 is 10.6 Å². The molecular weight excluding hydrogens is 354 g/mol. The zero-order chi connectivity index (χ0) is 20.1. The van der Waals surface area contributed by atoms with Crippen LogP contribution in [0, 0.1) is 5.92 Å². The largest absolute Gasteiger partial charge is 0.345 e. The summed E-state index contributed by atoms with van der Waals surface area (Å²) in [7, 11) is 0. The van der Waals surface area contributed by atoms with E-state index in [4.69, 9.17) is 0 Å². The molecule has 1 fully saturated rings. The average Bonchev–Trinajstić information content (AvgIpc) is 3.00. The second-order valence-corrected chi connectivity index (χ2v) is 7.41. The molecule has 1 atom stereocenters. The Labute approximate surface area is 164 Å². The minimum atomic E-state index is -0.402. The molecule has 0 aliphatic carbocycles. The normalized spacial score (nSPS) is 14.9. The zero-order valence-electron chi connectivity index (χ0n) is 16.1. The molecule has 2 aromatic rings. The average molecular weight is 379 g/mol. The summed E-state index contributed by atoms with van der Waals surface area (Å²) in [5, 5.41) is 5.62. The van der Waals surface area contributed by atoms with Crippen LogP contribution in [0.15, 0.2) is 54.6 Å². The molecule has 6 nitrogen and oxygen atoms in total. The molecule has 146 valence electrons. The van der Waals surface area contributed by atoms with E-state index < -0.39 is 6.03 Å². The molecule has 3 rings (SSSR count). The highest BCUT2D eigenvalue weighted by molar-refractivity contribution is 6.02. The van der Waals surface area contributed by atoms with Crippen molar-refractivity contribution < 1.29 is 14.4 Å². The third-order valence-corrected chi connectivity index (χ3v) is 4.68. The fourth-order valence-corrected chi connectivity index (χ4v) is 3.29. The van der Waals surface area contributed by atoms with Gasteiger partial charge in [-0.1, -0.05) is 56.3 Å². The molecule has 0 bridgehead atoms. The first-order valence-corrected chi connectivity index (χ1v) is 9.47. The summed E-state index contributed by atoms with van der Waals surface area (Å²) in [5.41, 5.74) is 2.31. The van der Waals surface area contributed by atoms with Crippen LogP contribution in [0.1, 0.15) is 47.8 Å². The highest BCUT2D eigenvalue weighted by Gasteiger charge is 2.28. The predicted octanol–water partition coefficient (Wildman–Crippen LogP) is 3.26. The van der Waals surface area contributed by atoms with Gasteiger partial charge in [0.25, 0.3) is 5.91 Å². The first kappa shape index (κ1) is 19.6. The van der Waals surface area contributed by atoms with E-state index in [9.17, 15) is 14.4 Å². The monoisotopic (exact) mass is 379 g/mol. The van der Waals surface area contributed by atoms with Crippen LogP contribution in [-0.2, 0) is 11.3 Å². The number of nitrogens with zero attached hydrogens (tertiary/aromatic N) is 1. The van der Waals surface area contributed by atoms with Gasteiger partial charge in [0.2, 0.25) is 5.91 Å². The lowest BCUT2D eigenvalue weighted by Crippen LogP contribution is -2.31. The van der Waals surface area contributed by atoms with Gasteiger partial charge in [-0.2, -0.15) is 0 Å². The fourth-order valence-electron chi connectivity index (χ4n) is 3.29. The van der Waals surface area contributed by atoms with Crippen molar-refractivity contribution in [2.45, 2.75) is 32.9 Å². The summed E-state index contributed by atoms with van der Waals surface area (Å²) < 4.78 is 0. The number of carbonyl (C=O) groups is 3. The second kappa shape index (κ2) is 8.69. The van der Waals surface area contributed by atoms with Gasteiger partial charge in [-0.3, -0.25) is 14.5 Å². The fraction of sp³-hybridized carbons (Fsp3) is 0.318. The van der Waals surface area contributed by atoms with Crippen LogP contribution in [0.25, 0.3) is 0 Å². The van der Waals surface area contributed by atoms with Gasteiger partial charge < -0.3 is 10.6 Å². The Morgan fingerprint density at radius 1 is 1.11 bits per heavy atom. The van der Waals surface area contributed by atoms with Crippen molar-refractivity contribution in [1.82, 2.24) is 15.5 Å². The molecule has 2 aromatic carbocycles. The van der Waals surface area contributed by atoms with Crippen molar-refractivity contribution in [2.75, 3.05) is 6.54 Å². The number of hydrogen-bond donors (Lipinski definition) is 2. The quantitative estimate of drug-likeness (QED) is 0.725. The van der Waals surface area contributed by atoms with Crippen LogP contribution in [0.3, 0.4) is 0 Å². The topological polar surface area (TPSA) is 78.5 Å². The van der Waals surface area contributed by atoms with Gasteiger partial charge >= 0.3 is 6.03 Å². The summed E-state index contributed by atoms with van der Waals surface area (Å²) in [4.78, 5) is 37.5. The number of amides is 4. The van der Waals surface area contributed by atoms with Crippen molar-refractivity contribution in [3.8, 4) is 0 Å². The Kier molecular flexibility index (Phi) is 6.09. The molecule has 0 spiro atoms. The highest BCUT2D eigenvalue weighted by Crippen LogP contribution is 2.22. The standard InChI is InChI=1S/C22H25N3O3/c1-15(2)11-19(17-8-4-3-5-9-17)24-21(27)18-10-6-7-16(12-18)14-25-20(26)13-23-22(25)28/h3-10,12,15,19H,11,13-14H2,1-2H3,(H,23,28)(H,24,27). The number of carbonyl (C=O) groups excluding carboxylic acids is 3. The summed E-state index contributed by atoms with van der Waals surface area (Å²) >= 11 is 0. The smallest absolute Gasteiger partial charge is 0.324 e. The number of benzene rings is 2. The Morgan fingerprint density at radius 3 is 2.50 bits per heavy atom. The van der Waals surface area contributed by atoms with Crippen molar-refractivity contribution in [2.24, 2.45) is 5.92 Å². The molecule has 0 radical (unpaired) electrons. The number of urea groups is 1. The SMILES string of the molecule is CC(C)CC(NC(=O)c1cccc(CN2C(=O)CNC2=O)c1)c1ccccc1. The lowest BCUT2D eigenvalue weighted by atomic mass is 9.96. The van der Waals surface area contributed by atoms with Crippen LogP contribution >= 0.6 is 0 Å². The van der Waals surface area contributed by atoms with Gasteiger partial charge in [0.05, 0.1) is 19.1 Å². The molecule has 2 N–H and O–H groups in total. The van der Waals surface area contributed by atoms with Crippen LogP contribution in [0.2, 0.25) is 0 Å². The second-order valence-electron chi connectivity index (χ2n) is 7.41. The number of rotatable bonds is 7. The molecular formula is C22H25N3O3. The van der Waals surface area contributed by atoms with Crippen molar-refractivity contribution in [3.05, 3.63) is 71.3 Å². The predicted molar refractivity (Wildman–Crippen MR) is 106 cm³/mol. The van der Waals surface area contributed by atoms with E-state index in [1.807, 2.05) is 30.3 Å². The zero-order valence-corrected chi connectivity index (χ0v) is 16.1. The minimum Gasteiger partial charge on any atom is -0.345 e. The number of hydrogen-bond acceptors (Lipinski definition) is 3. The van der Waals surface area contributed by atoms with Gasteiger partial charge in [-0.05, 0) is 35.6 Å². The maximum absolute atomic E-state index is 12.9. The maximum Gasteiger partial charge on any atom is 0.324 e. The van der Waals surface area contributed by atoms with E-state index in [0.29, 0.717) is 11.5 Å². The van der Waals surface area contributed by atoms with E-state index in [2.05, 4.69) is 24.5 Å². The lowest BCUT2D eigenvalue weighted by Gasteiger charge is -2.21. The van der Waals surface area contributed by atoms with E-state index in [1.165, 1.54) is 0 Å². The van der Waals surface area contributed by atoms with E-state index >= 15 is 0 Å². The Morgan fingerprint density at radius 2 is 1.86 bits per heavy atom. The van der Waals surface area contributed by atoms with Gasteiger partial charge in [0, 0.05) is 5.56 Å². The van der Waals surface area contributed by atoms with Gasteiger partial charge in [-0.25, -0.2) is 4.79 Å². The number of nitrogens with one attached hydrogen (secondary N) is 2. The molecule has 0 aromatic heterocycles. The molecule has 6 heteroatoms. The molecule has 1 aliphatic rings. The van der Waals surface area contributed by atoms with Crippen molar-refractivity contribution in [1.29, 1.82) is 0 Å². The molecule has 1 unspecified atom stereocenters. The Hall–Kier alpha value is -3.15. The maximum atomic E-state index is 12.9. The van der Waals surface area contributed by atoms with E-state index in [1.54, 1.807) is 24.3 Å². The highest BCUT2D eigenvalue weighted by atomic mass is 16.2. The van der Waals surface area contributed by atoms with E-state index in [-0.39, 0.29) is 30.9 Å². The summed E-state index contributed by atoms with van der Waals surface area (Å²) in [6, 6.07) is 16.5. The van der Waals surface area contributed by atoms with Crippen molar-refractivity contribution in [3.63, 3.8) is 0 Å². The van der Waals surface area contributed by atoms with Gasteiger partial charge in [0.1, 0.15) is 0 Å². The Balaban J connectivity index is 1.74. The molecule has 1 saturated heterocycles. The van der Waals surface area contributed by atoms with E-state index in [0.717, 1.165) is 22.4 Å². The summed E-state index contributed by atoms with van der Waals surface area (Å²) in [5.74, 6) is -0.00832. The minimum absolute atomic E-state index is 0.0208. The van der Waals surface area contributed by atoms with Crippen molar-refractivity contribution >= 4 is 17.8 Å². The lowest BCUT2D eigenvalue weighted by molar-refractivity contribution is -0.125. The van der Waals surface area contributed by atoms with Crippen LogP contribution in [0.4, 0.5) is 4.79 Å². The number of imide groups is 1. The molecule has 1 aliphatic heterocycles. The molecule has 28 heavy (non-hydrogen) atoms. The Bertz CT molecular complexity index is 848. The molecule has 1 heterocycles. The van der Waals surface area contributed by atoms with Gasteiger partial charge in [-0.15, -0.1) is 0 Å². The first-order valence-electron chi connectivity index (χ1n) is 9.47. The third-order valence-electron chi connectivity index (χ3n) is 4.68. The van der Waals surface area contributed by atoms with Gasteiger partial charge in [0.15, 0.2) is 0 Å². The van der Waals surface area contributed by atoms with Crippen LogP contribution in [-0.4, -0.2) is 29.3 Å². The summed E-state index contributed by atoms with van der Waals surface area (Å²) in [6.45, 7) is 4.43.